The number of rotatable bonds is 8. The summed E-state index contributed by atoms with van der Waals surface area (Å²) in [7, 11) is 0. The summed E-state index contributed by atoms with van der Waals surface area (Å²) in [6.45, 7) is -0.173. The predicted molar refractivity (Wildman–Crippen MR) is 86.9 cm³/mol. The Hall–Kier alpha value is -1.95. The summed E-state index contributed by atoms with van der Waals surface area (Å²) in [5, 5.41) is 2.89. The molecule has 0 atom stereocenters. The second kappa shape index (κ2) is 8.62. The van der Waals surface area contributed by atoms with E-state index in [-0.39, 0.29) is 11.7 Å². The van der Waals surface area contributed by atoms with Crippen LogP contribution in [0.4, 0.5) is 8.78 Å². The molecule has 3 nitrogen and oxygen atoms in total. The van der Waals surface area contributed by atoms with Crippen LogP contribution in [0.5, 0.6) is 5.75 Å². The molecule has 23 heavy (non-hydrogen) atoms. The lowest BCUT2D eigenvalue weighted by atomic mass is 10.1. The van der Waals surface area contributed by atoms with Crippen molar-refractivity contribution in [2.24, 2.45) is 0 Å². The van der Waals surface area contributed by atoms with Crippen LogP contribution in [0.15, 0.2) is 36.4 Å². The van der Waals surface area contributed by atoms with Crippen LogP contribution in [-0.4, -0.2) is 12.5 Å². The number of aryl methyl sites for hydroxylation is 2. The molecule has 0 saturated heterocycles. The molecule has 2 aromatic rings. The Labute approximate surface area is 138 Å². The Morgan fingerprint density at radius 2 is 1.87 bits per heavy atom. The van der Waals surface area contributed by atoms with Gasteiger partial charge in [0.15, 0.2) is 0 Å². The number of hydrogen-bond acceptors (Lipinski definition) is 3. The number of thiophene rings is 1. The number of benzene rings is 1. The van der Waals surface area contributed by atoms with Crippen molar-refractivity contribution in [2.75, 3.05) is 0 Å². The molecule has 1 amide bonds. The van der Waals surface area contributed by atoms with E-state index in [1.165, 1.54) is 17.0 Å². The summed E-state index contributed by atoms with van der Waals surface area (Å²) in [4.78, 5) is 14.3. The van der Waals surface area contributed by atoms with E-state index in [1.54, 1.807) is 23.5 Å². The van der Waals surface area contributed by atoms with E-state index in [2.05, 4.69) is 23.0 Å². The lowest BCUT2D eigenvalue weighted by Gasteiger charge is -2.06. The van der Waals surface area contributed by atoms with E-state index < -0.39 is 6.61 Å². The van der Waals surface area contributed by atoms with Crippen LogP contribution in [0.25, 0.3) is 0 Å². The SMILES string of the molecule is CCc1ccc(CNC(=O)CCc2ccc(OC(F)F)cc2)s1. The summed E-state index contributed by atoms with van der Waals surface area (Å²) in [6.07, 6.45) is 1.93. The highest BCUT2D eigenvalue weighted by atomic mass is 32.1. The van der Waals surface area contributed by atoms with Crippen molar-refractivity contribution >= 4 is 17.2 Å². The van der Waals surface area contributed by atoms with Crippen LogP contribution in [0.1, 0.15) is 28.7 Å². The van der Waals surface area contributed by atoms with Gasteiger partial charge in [-0.2, -0.15) is 8.78 Å². The molecule has 0 saturated carbocycles. The molecular weight excluding hydrogens is 320 g/mol. The highest BCUT2D eigenvalue weighted by Crippen LogP contribution is 2.17. The van der Waals surface area contributed by atoms with E-state index >= 15 is 0 Å². The molecular formula is C17H19F2NO2S. The van der Waals surface area contributed by atoms with Crippen LogP contribution in [0.3, 0.4) is 0 Å². The number of alkyl halides is 2. The molecule has 0 aliphatic carbocycles. The van der Waals surface area contributed by atoms with E-state index in [0.717, 1.165) is 16.9 Å². The van der Waals surface area contributed by atoms with Gasteiger partial charge in [-0.25, -0.2) is 0 Å². The van der Waals surface area contributed by atoms with Crippen molar-refractivity contribution in [1.82, 2.24) is 5.32 Å². The second-order valence-corrected chi connectivity index (χ2v) is 6.27. The first-order valence-electron chi connectivity index (χ1n) is 7.45. The van der Waals surface area contributed by atoms with Gasteiger partial charge in [0, 0.05) is 16.2 Å². The number of hydrogen-bond donors (Lipinski definition) is 1. The summed E-state index contributed by atoms with van der Waals surface area (Å²) in [5.41, 5.74) is 0.908. The molecule has 1 aromatic carbocycles. The lowest BCUT2D eigenvalue weighted by Crippen LogP contribution is -2.22. The van der Waals surface area contributed by atoms with Crippen molar-refractivity contribution in [1.29, 1.82) is 0 Å². The Bertz CT molecular complexity index is 626. The van der Waals surface area contributed by atoms with Crippen LogP contribution in [-0.2, 0) is 24.2 Å². The van der Waals surface area contributed by atoms with E-state index in [0.29, 0.717) is 19.4 Å². The smallest absolute Gasteiger partial charge is 0.387 e. The van der Waals surface area contributed by atoms with Gasteiger partial charge in [0.1, 0.15) is 5.75 Å². The third kappa shape index (κ3) is 5.98. The first-order chi connectivity index (χ1) is 11.1. The minimum atomic E-state index is -2.82. The van der Waals surface area contributed by atoms with Gasteiger partial charge in [-0.15, -0.1) is 11.3 Å². The summed E-state index contributed by atoms with van der Waals surface area (Å²) >= 11 is 1.71. The number of halogens is 2. The third-order valence-electron chi connectivity index (χ3n) is 3.31. The van der Waals surface area contributed by atoms with Gasteiger partial charge < -0.3 is 10.1 Å². The zero-order valence-electron chi connectivity index (χ0n) is 12.9. The minimum absolute atomic E-state index is 0.0237. The van der Waals surface area contributed by atoms with E-state index in [9.17, 15) is 13.6 Å². The van der Waals surface area contributed by atoms with Gasteiger partial charge in [0.25, 0.3) is 0 Å². The summed E-state index contributed by atoms with van der Waals surface area (Å²) in [5.74, 6) is 0.0991. The normalized spacial score (nSPS) is 10.8. The van der Waals surface area contributed by atoms with Crippen LogP contribution >= 0.6 is 11.3 Å². The quantitative estimate of drug-likeness (QED) is 0.784. The van der Waals surface area contributed by atoms with Gasteiger partial charge in [-0.3, -0.25) is 4.79 Å². The maximum Gasteiger partial charge on any atom is 0.387 e. The average molecular weight is 339 g/mol. The van der Waals surface area contributed by atoms with Gasteiger partial charge in [0.05, 0.1) is 6.54 Å². The van der Waals surface area contributed by atoms with Crippen molar-refractivity contribution in [3.63, 3.8) is 0 Å². The maximum absolute atomic E-state index is 12.0. The fourth-order valence-corrected chi connectivity index (χ4v) is 2.97. The molecule has 0 spiro atoms. The first-order valence-corrected chi connectivity index (χ1v) is 8.26. The fourth-order valence-electron chi connectivity index (χ4n) is 2.08. The number of carbonyl (C=O) groups excluding carboxylic acids is 1. The molecule has 0 aliphatic rings. The van der Waals surface area contributed by atoms with Gasteiger partial charge in [0.2, 0.25) is 5.91 Å². The molecule has 1 heterocycles. The van der Waals surface area contributed by atoms with Crippen molar-refractivity contribution < 1.29 is 18.3 Å². The first kappa shape index (κ1) is 17.4. The van der Waals surface area contributed by atoms with E-state index in [4.69, 9.17) is 0 Å². The van der Waals surface area contributed by atoms with Crippen molar-refractivity contribution in [2.45, 2.75) is 39.3 Å². The topological polar surface area (TPSA) is 38.3 Å². The molecule has 2 rings (SSSR count). The van der Waals surface area contributed by atoms with Gasteiger partial charge in [-0.05, 0) is 42.7 Å². The number of amides is 1. The molecule has 0 bridgehead atoms. The monoisotopic (exact) mass is 339 g/mol. The Balaban J connectivity index is 1.73. The summed E-state index contributed by atoms with van der Waals surface area (Å²) < 4.78 is 28.4. The highest BCUT2D eigenvalue weighted by Gasteiger charge is 2.06. The molecule has 124 valence electrons. The van der Waals surface area contributed by atoms with E-state index in [1.807, 2.05) is 6.07 Å². The van der Waals surface area contributed by atoms with Crippen LogP contribution in [0.2, 0.25) is 0 Å². The van der Waals surface area contributed by atoms with Gasteiger partial charge >= 0.3 is 6.61 Å². The third-order valence-corrected chi connectivity index (χ3v) is 4.54. The Kier molecular flexibility index (Phi) is 6.52. The number of carbonyl (C=O) groups is 1. The standard InChI is InChI=1S/C17H19F2NO2S/c1-2-14-8-9-15(23-14)11-20-16(21)10-5-12-3-6-13(7-4-12)22-17(18)19/h3-4,6-9,17H,2,5,10-11H2,1H3,(H,20,21). The van der Waals surface area contributed by atoms with Crippen molar-refractivity contribution in [3.8, 4) is 5.75 Å². The van der Waals surface area contributed by atoms with Crippen LogP contribution < -0.4 is 10.1 Å². The lowest BCUT2D eigenvalue weighted by molar-refractivity contribution is -0.121. The zero-order valence-corrected chi connectivity index (χ0v) is 13.7. The number of ether oxygens (including phenoxy) is 1. The predicted octanol–water partition coefficient (Wildman–Crippen LogP) is 4.16. The largest absolute Gasteiger partial charge is 0.435 e. The molecule has 1 N–H and O–H groups in total. The maximum atomic E-state index is 12.0. The molecule has 1 aromatic heterocycles. The Morgan fingerprint density at radius 3 is 2.48 bits per heavy atom. The Morgan fingerprint density at radius 1 is 1.17 bits per heavy atom. The molecule has 0 radical (unpaired) electrons. The van der Waals surface area contributed by atoms with Gasteiger partial charge in [-0.1, -0.05) is 19.1 Å². The van der Waals surface area contributed by atoms with Crippen molar-refractivity contribution in [3.05, 3.63) is 51.7 Å². The average Bonchev–Trinajstić information content (AvgIpc) is 3.00. The summed E-state index contributed by atoms with van der Waals surface area (Å²) in [6, 6.07) is 10.5. The number of nitrogens with one attached hydrogen (secondary N) is 1. The molecule has 0 fully saturated rings. The highest BCUT2D eigenvalue weighted by molar-refractivity contribution is 7.11. The molecule has 0 aliphatic heterocycles. The zero-order chi connectivity index (χ0) is 16.7. The fraction of sp³-hybridized carbons (Fsp3) is 0.353. The molecule has 6 heteroatoms. The molecule has 0 unspecified atom stereocenters. The minimum Gasteiger partial charge on any atom is -0.435 e. The van der Waals surface area contributed by atoms with Crippen LogP contribution in [0, 0.1) is 0 Å². The second-order valence-electron chi connectivity index (χ2n) is 5.02.